The Bertz CT molecular complexity index is 1090. The molecule has 0 saturated heterocycles. The van der Waals surface area contributed by atoms with Crippen molar-refractivity contribution in [1.29, 1.82) is 0 Å². The monoisotopic (exact) mass is 455 g/mol. The van der Waals surface area contributed by atoms with Crippen molar-refractivity contribution >= 4 is 29.9 Å². The highest BCUT2D eigenvalue weighted by Crippen LogP contribution is 2.39. The van der Waals surface area contributed by atoms with Crippen LogP contribution < -0.4 is 0 Å². The molecule has 1 aromatic rings. The van der Waals surface area contributed by atoms with Crippen LogP contribution in [-0.4, -0.2) is 57.2 Å². The summed E-state index contributed by atoms with van der Waals surface area (Å²) >= 11 is 6.17. The number of carbonyl (C=O) groups is 1. The third-order valence-corrected chi connectivity index (χ3v) is 6.76. The zero-order valence-corrected chi connectivity index (χ0v) is 18.1. The largest absolute Gasteiger partial charge is 0.388 e. The number of aliphatic hydroxyl groups excluding tert-OH is 1. The van der Waals surface area contributed by atoms with Gasteiger partial charge in [-0.3, -0.25) is 24.7 Å². The summed E-state index contributed by atoms with van der Waals surface area (Å²) in [6.07, 6.45) is 12.0. The lowest BCUT2D eigenvalue weighted by molar-refractivity contribution is -0.119. The predicted octanol–water partition coefficient (Wildman–Crippen LogP) is 3.44. The minimum Gasteiger partial charge on any atom is -0.388 e. The Balaban J connectivity index is 1.38. The average Bonchev–Trinajstić information content (AvgIpc) is 3.15. The van der Waals surface area contributed by atoms with Gasteiger partial charge in [0.2, 0.25) is 5.78 Å². The van der Waals surface area contributed by atoms with Gasteiger partial charge in [-0.25, -0.2) is 4.39 Å². The molecule has 5 rings (SSSR count). The van der Waals surface area contributed by atoms with Gasteiger partial charge in [-0.05, 0) is 50.3 Å². The van der Waals surface area contributed by atoms with Crippen molar-refractivity contribution in [3.05, 3.63) is 64.0 Å². The Morgan fingerprint density at radius 3 is 2.84 bits per heavy atom. The third-order valence-electron chi connectivity index (χ3n) is 6.49. The lowest BCUT2D eigenvalue weighted by atomic mass is 9.83. The fourth-order valence-electron chi connectivity index (χ4n) is 4.94. The number of fused-ring (bicyclic) bond motifs is 2. The van der Waals surface area contributed by atoms with E-state index in [2.05, 4.69) is 15.1 Å². The summed E-state index contributed by atoms with van der Waals surface area (Å²) in [7, 11) is 0. The number of hydrogen-bond donors (Lipinski definition) is 1. The Kier molecular flexibility index (Phi) is 5.65. The zero-order valence-electron chi connectivity index (χ0n) is 17.4. The summed E-state index contributed by atoms with van der Waals surface area (Å²) in [6, 6.07) is 3.20. The number of pyridine rings is 1. The summed E-state index contributed by atoms with van der Waals surface area (Å²) in [5.41, 5.74) is 2.30. The molecule has 0 bridgehead atoms. The predicted molar refractivity (Wildman–Crippen MR) is 119 cm³/mol. The van der Waals surface area contributed by atoms with Crippen LogP contribution in [0.4, 0.5) is 4.39 Å². The molecule has 166 valence electrons. The number of hydrogen-bond acceptors (Lipinski definition) is 7. The molecule has 9 heteroatoms. The topological polar surface area (TPSA) is 81.4 Å². The zero-order chi connectivity index (χ0) is 22.2. The van der Waals surface area contributed by atoms with E-state index in [4.69, 9.17) is 11.6 Å². The molecule has 0 amide bonds. The maximum absolute atomic E-state index is 14.2. The molecular formula is C23H23ClFN5O2. The summed E-state index contributed by atoms with van der Waals surface area (Å²) in [4.78, 5) is 23.4. The molecule has 0 radical (unpaired) electrons. The molecule has 2 aliphatic heterocycles. The van der Waals surface area contributed by atoms with E-state index >= 15 is 0 Å². The van der Waals surface area contributed by atoms with E-state index in [-0.39, 0.29) is 29.7 Å². The second kappa shape index (κ2) is 8.60. The van der Waals surface area contributed by atoms with Crippen molar-refractivity contribution in [2.45, 2.75) is 50.2 Å². The number of hydrazone groups is 1. The van der Waals surface area contributed by atoms with E-state index in [0.29, 0.717) is 28.5 Å². The maximum Gasteiger partial charge on any atom is 0.204 e. The van der Waals surface area contributed by atoms with Gasteiger partial charge in [-0.1, -0.05) is 17.7 Å². The van der Waals surface area contributed by atoms with E-state index in [1.54, 1.807) is 35.8 Å². The molecule has 1 atom stereocenters. The molecule has 1 unspecified atom stereocenters. The molecule has 1 aromatic heterocycles. The van der Waals surface area contributed by atoms with Crippen LogP contribution in [0.5, 0.6) is 0 Å². The molecule has 0 spiro atoms. The van der Waals surface area contributed by atoms with E-state index in [1.807, 2.05) is 11.1 Å². The summed E-state index contributed by atoms with van der Waals surface area (Å²) in [5, 5.41) is 16.8. The fraction of sp³-hybridized carbons (Fsp3) is 0.391. The highest BCUT2D eigenvalue weighted by atomic mass is 35.5. The molecular weight excluding hydrogens is 433 g/mol. The number of allylic oxidation sites excluding steroid dienone is 4. The van der Waals surface area contributed by atoms with Crippen LogP contribution in [0.3, 0.4) is 0 Å². The van der Waals surface area contributed by atoms with Gasteiger partial charge in [0, 0.05) is 35.0 Å². The van der Waals surface area contributed by atoms with Gasteiger partial charge in [0.1, 0.15) is 18.8 Å². The summed E-state index contributed by atoms with van der Waals surface area (Å²) in [5.74, 6) is -0.539. The Morgan fingerprint density at radius 2 is 2.09 bits per heavy atom. The maximum atomic E-state index is 14.2. The molecule has 1 N–H and O–H groups in total. The van der Waals surface area contributed by atoms with Gasteiger partial charge >= 0.3 is 0 Å². The number of ketones is 1. The number of carbonyl (C=O) groups excluding carboxylic acids is 1. The minimum atomic E-state index is -0.596. The van der Waals surface area contributed by atoms with Crippen molar-refractivity contribution in [2.75, 3.05) is 6.61 Å². The van der Waals surface area contributed by atoms with Crippen LogP contribution >= 0.6 is 11.6 Å². The molecule has 32 heavy (non-hydrogen) atoms. The van der Waals surface area contributed by atoms with E-state index in [9.17, 15) is 14.3 Å². The first-order chi connectivity index (χ1) is 15.6. The molecule has 4 aliphatic rings. The molecule has 1 saturated carbocycles. The van der Waals surface area contributed by atoms with Gasteiger partial charge in [-0.2, -0.15) is 5.10 Å². The Morgan fingerprint density at radius 1 is 1.28 bits per heavy atom. The Hall–Kier alpha value is -2.84. The smallest absolute Gasteiger partial charge is 0.204 e. The Labute approximate surface area is 190 Å². The lowest BCUT2D eigenvalue weighted by Gasteiger charge is -2.37. The molecule has 0 aromatic carbocycles. The van der Waals surface area contributed by atoms with Crippen LogP contribution in [0, 0.1) is 5.82 Å². The second-order valence-electron chi connectivity index (χ2n) is 8.32. The number of nitrogens with zero attached hydrogens (tertiary/aromatic N) is 5. The van der Waals surface area contributed by atoms with Crippen LogP contribution in [0.2, 0.25) is 0 Å². The lowest BCUT2D eigenvalue weighted by Crippen LogP contribution is -2.47. The van der Waals surface area contributed by atoms with Crippen LogP contribution in [0.1, 0.15) is 43.7 Å². The number of aliphatic imine (C=N–C) groups is 1. The van der Waals surface area contributed by atoms with E-state index in [1.165, 1.54) is 6.07 Å². The molecule has 7 nitrogen and oxygen atoms in total. The van der Waals surface area contributed by atoms with E-state index in [0.717, 1.165) is 31.3 Å². The number of aromatic nitrogens is 1. The highest BCUT2D eigenvalue weighted by molar-refractivity contribution is 6.31. The normalized spacial score (nSPS) is 27.0. The number of Topliss-reactive ketones (excluding diaryl/α,β-unsaturated/α-hetero) is 1. The van der Waals surface area contributed by atoms with Crippen LogP contribution in [0.25, 0.3) is 0 Å². The number of aliphatic hydroxyl groups is 1. The van der Waals surface area contributed by atoms with Crippen molar-refractivity contribution in [2.24, 2.45) is 10.1 Å². The number of rotatable bonds is 4. The standard InChI is InChI=1S/C23H23ClFN5O2/c24-15-5-8-17-19(10-15)27-11-21-29(23(17)20(32)12-31)13-28-30(21)16-6-3-14(4-7-16)22-18(25)2-1-9-26-22/h1-2,5,9-11,13-14,16,21,31H,3-4,6-8,12H2. The van der Waals surface area contributed by atoms with Crippen molar-refractivity contribution in [3.63, 3.8) is 0 Å². The average molecular weight is 456 g/mol. The van der Waals surface area contributed by atoms with E-state index < -0.39 is 6.61 Å². The SMILES string of the molecule is O=C(CO)C1=C2CC=C(Cl)C=C2N=CC2N1C=NN2C1CCC(c2ncccc2F)CC1. The summed E-state index contributed by atoms with van der Waals surface area (Å²) < 4.78 is 14.2. The van der Waals surface area contributed by atoms with Crippen LogP contribution in [-0.2, 0) is 4.79 Å². The van der Waals surface area contributed by atoms with Crippen LogP contribution in [0.15, 0.2) is 62.6 Å². The van der Waals surface area contributed by atoms with Gasteiger partial charge in [-0.15, -0.1) is 0 Å². The highest BCUT2D eigenvalue weighted by Gasteiger charge is 2.40. The first kappa shape index (κ1) is 21.0. The third kappa shape index (κ3) is 3.67. The van der Waals surface area contributed by atoms with Gasteiger partial charge in [0.05, 0.1) is 17.1 Å². The fourth-order valence-corrected chi connectivity index (χ4v) is 5.12. The van der Waals surface area contributed by atoms with Crippen molar-refractivity contribution in [3.8, 4) is 0 Å². The first-order valence-electron chi connectivity index (χ1n) is 10.8. The van der Waals surface area contributed by atoms with Gasteiger partial charge in [0.25, 0.3) is 0 Å². The molecule has 1 fully saturated rings. The summed E-state index contributed by atoms with van der Waals surface area (Å²) in [6.45, 7) is -0.596. The van der Waals surface area contributed by atoms with Crippen molar-refractivity contribution in [1.82, 2.24) is 14.9 Å². The molecule has 3 heterocycles. The second-order valence-corrected chi connectivity index (χ2v) is 8.75. The van der Waals surface area contributed by atoms with Gasteiger partial charge in [0.15, 0.2) is 6.17 Å². The minimum absolute atomic E-state index is 0.0906. The quantitative estimate of drug-likeness (QED) is 0.752. The first-order valence-corrected chi connectivity index (χ1v) is 11.1. The van der Waals surface area contributed by atoms with Crippen molar-refractivity contribution < 1.29 is 14.3 Å². The number of halogens is 2. The molecule has 2 aliphatic carbocycles. The van der Waals surface area contributed by atoms with Gasteiger partial charge < -0.3 is 5.11 Å².